The lowest BCUT2D eigenvalue weighted by molar-refractivity contribution is -0.0452. The predicted octanol–water partition coefficient (Wildman–Crippen LogP) is 13.7. The molecule has 0 N–H and O–H groups in total. The number of hydrogen-bond donors (Lipinski definition) is 0. The molecule has 0 amide bonds. The van der Waals surface area contributed by atoms with Crippen molar-refractivity contribution in [1.29, 1.82) is 0 Å². The maximum absolute atomic E-state index is 7.12. The monoisotopic (exact) mass is 689 g/mol. The fourth-order valence-electron chi connectivity index (χ4n) is 13.2. The SMILES string of the molecule is CC1(C)CCC(C)(C)c2c(N(c3ccc4c(c3)Oc3ccccc3C43C4CC5CC(C4)CC3C5)c3cccc4c3C(C)(C)CCC4(C)C)cccc21. The van der Waals surface area contributed by atoms with Crippen LogP contribution in [0.1, 0.15) is 147 Å². The molecular formula is C50H59NO. The summed E-state index contributed by atoms with van der Waals surface area (Å²) in [5, 5.41) is 0. The highest BCUT2D eigenvalue weighted by Crippen LogP contribution is 2.69. The van der Waals surface area contributed by atoms with Crippen molar-refractivity contribution in [2.24, 2.45) is 23.7 Å². The first-order valence-electron chi connectivity index (χ1n) is 20.7. The van der Waals surface area contributed by atoms with E-state index >= 15 is 0 Å². The molecule has 270 valence electrons. The zero-order valence-electron chi connectivity index (χ0n) is 33.0. The maximum atomic E-state index is 7.12. The van der Waals surface area contributed by atoms with E-state index in [1.54, 1.807) is 0 Å². The molecule has 2 heteroatoms. The molecule has 0 saturated heterocycles. The number of nitrogens with zero attached hydrogens (tertiary/aromatic N) is 1. The minimum absolute atomic E-state index is 0.0524. The Balaban J connectivity index is 1.24. The third-order valence-electron chi connectivity index (χ3n) is 15.8. The Morgan fingerprint density at radius 3 is 1.52 bits per heavy atom. The number of ether oxygens (including phenoxy) is 1. The number of fused-ring (bicyclic) bond motifs is 4. The number of rotatable bonds is 3. The van der Waals surface area contributed by atoms with Crippen LogP contribution in [-0.4, -0.2) is 0 Å². The molecule has 4 bridgehead atoms. The van der Waals surface area contributed by atoms with Crippen LogP contribution in [0, 0.1) is 23.7 Å². The van der Waals surface area contributed by atoms with Gasteiger partial charge in [-0.3, -0.25) is 0 Å². The highest BCUT2D eigenvalue weighted by molar-refractivity contribution is 5.84. The second-order valence-corrected chi connectivity index (χ2v) is 20.7. The Kier molecular flexibility index (Phi) is 6.87. The summed E-state index contributed by atoms with van der Waals surface area (Å²) >= 11 is 0. The fraction of sp³-hybridized carbons (Fsp3) is 0.520. The van der Waals surface area contributed by atoms with Crippen molar-refractivity contribution in [3.63, 3.8) is 0 Å². The molecule has 2 nitrogen and oxygen atoms in total. The molecule has 4 fully saturated rings. The van der Waals surface area contributed by atoms with Crippen molar-refractivity contribution in [3.8, 4) is 11.5 Å². The third-order valence-corrected chi connectivity index (χ3v) is 15.8. The summed E-state index contributed by atoms with van der Waals surface area (Å²) in [7, 11) is 0. The van der Waals surface area contributed by atoms with E-state index in [-0.39, 0.29) is 27.1 Å². The number of benzene rings is 4. The number of para-hydroxylation sites is 1. The summed E-state index contributed by atoms with van der Waals surface area (Å²) in [4.78, 5) is 2.68. The van der Waals surface area contributed by atoms with Crippen molar-refractivity contribution in [3.05, 3.63) is 112 Å². The molecule has 52 heavy (non-hydrogen) atoms. The molecule has 0 radical (unpaired) electrons. The van der Waals surface area contributed by atoms with E-state index < -0.39 is 0 Å². The Morgan fingerprint density at radius 2 is 0.962 bits per heavy atom. The van der Waals surface area contributed by atoms with Crippen LogP contribution in [0.15, 0.2) is 78.9 Å². The van der Waals surface area contributed by atoms with Crippen molar-refractivity contribution < 1.29 is 4.74 Å². The molecule has 4 aromatic carbocycles. The van der Waals surface area contributed by atoms with Crippen LogP contribution in [0.2, 0.25) is 0 Å². The quantitative estimate of drug-likeness (QED) is 0.212. The smallest absolute Gasteiger partial charge is 0.133 e. The van der Waals surface area contributed by atoms with Crippen molar-refractivity contribution in [2.75, 3.05) is 4.90 Å². The van der Waals surface area contributed by atoms with E-state index in [0.29, 0.717) is 11.8 Å². The lowest BCUT2D eigenvalue weighted by Gasteiger charge is -2.63. The Bertz CT molecular complexity index is 2000. The van der Waals surface area contributed by atoms with Gasteiger partial charge in [0.2, 0.25) is 0 Å². The van der Waals surface area contributed by atoms with Gasteiger partial charge in [0.05, 0.1) is 11.4 Å². The van der Waals surface area contributed by atoms with Gasteiger partial charge < -0.3 is 9.64 Å². The van der Waals surface area contributed by atoms with Crippen molar-refractivity contribution in [1.82, 2.24) is 0 Å². The van der Waals surface area contributed by atoms with Gasteiger partial charge in [-0.15, -0.1) is 0 Å². The van der Waals surface area contributed by atoms with Gasteiger partial charge in [-0.05, 0) is 150 Å². The van der Waals surface area contributed by atoms with Crippen LogP contribution in [-0.2, 0) is 27.1 Å². The maximum Gasteiger partial charge on any atom is 0.133 e. The standard InChI is InChI=1S/C50H59NO/c1-46(2)21-23-48(5,6)44-38(46)14-11-16-40(44)51(41-17-12-15-39-45(41)49(7,8)24-22-47(39,3)4)35-19-20-37-43(30-35)52-42-18-10-9-13-36(42)50(37)33-26-31-25-32(28-33)29-34(50)27-31/h9-20,30-34H,21-29H2,1-8H3. The summed E-state index contributed by atoms with van der Waals surface area (Å²) < 4.78 is 7.12. The lowest BCUT2D eigenvalue weighted by atomic mass is 9.42. The van der Waals surface area contributed by atoms with Crippen LogP contribution in [0.4, 0.5) is 17.1 Å². The highest BCUT2D eigenvalue weighted by atomic mass is 16.5. The second kappa shape index (κ2) is 10.8. The zero-order chi connectivity index (χ0) is 36.0. The zero-order valence-corrected chi connectivity index (χ0v) is 33.0. The van der Waals surface area contributed by atoms with Gasteiger partial charge >= 0.3 is 0 Å². The fourth-order valence-corrected chi connectivity index (χ4v) is 13.2. The van der Waals surface area contributed by atoms with Gasteiger partial charge in [0.1, 0.15) is 11.5 Å². The van der Waals surface area contributed by atoms with E-state index in [0.717, 1.165) is 23.3 Å². The Labute approximate surface area is 313 Å². The minimum atomic E-state index is 0.0524. The summed E-state index contributed by atoms with van der Waals surface area (Å²) in [6.07, 6.45) is 11.7. The first kappa shape index (κ1) is 33.1. The Morgan fingerprint density at radius 1 is 0.481 bits per heavy atom. The van der Waals surface area contributed by atoms with Crippen molar-refractivity contribution in [2.45, 2.75) is 140 Å². The molecule has 0 aromatic heterocycles. The van der Waals surface area contributed by atoms with Gasteiger partial charge in [-0.25, -0.2) is 0 Å². The van der Waals surface area contributed by atoms with Crippen LogP contribution in [0.5, 0.6) is 11.5 Å². The lowest BCUT2D eigenvalue weighted by Crippen LogP contribution is -2.56. The third kappa shape index (κ3) is 4.48. The van der Waals surface area contributed by atoms with Gasteiger partial charge in [0, 0.05) is 28.3 Å². The molecule has 11 rings (SSSR count). The summed E-state index contributed by atoms with van der Waals surface area (Å²) in [5.41, 5.74) is 13.3. The van der Waals surface area contributed by atoms with Gasteiger partial charge in [0.25, 0.3) is 0 Å². The number of anilines is 3. The average Bonchev–Trinajstić information content (AvgIpc) is 3.10. The molecule has 6 aliphatic carbocycles. The van der Waals surface area contributed by atoms with Gasteiger partial charge in [0.15, 0.2) is 0 Å². The first-order chi connectivity index (χ1) is 24.7. The topological polar surface area (TPSA) is 12.5 Å². The Hall–Kier alpha value is -3.52. The highest BCUT2D eigenvalue weighted by Gasteiger charge is 2.61. The molecule has 7 aliphatic rings. The van der Waals surface area contributed by atoms with Gasteiger partial charge in [-0.1, -0.05) is 104 Å². The summed E-state index contributed by atoms with van der Waals surface area (Å²) in [6.45, 7) is 19.8. The summed E-state index contributed by atoms with van der Waals surface area (Å²) in [6, 6.07) is 31.0. The van der Waals surface area contributed by atoms with Crippen molar-refractivity contribution >= 4 is 17.1 Å². The van der Waals surface area contributed by atoms with Crippen LogP contribution in [0.25, 0.3) is 0 Å². The molecule has 0 atom stereocenters. The first-order valence-corrected chi connectivity index (χ1v) is 20.7. The second-order valence-electron chi connectivity index (χ2n) is 20.7. The largest absolute Gasteiger partial charge is 0.457 e. The van der Waals surface area contributed by atoms with E-state index in [4.69, 9.17) is 4.74 Å². The normalized spacial score (nSPS) is 30.5. The molecule has 1 spiro atoms. The molecule has 1 heterocycles. The van der Waals surface area contributed by atoms with Gasteiger partial charge in [-0.2, -0.15) is 0 Å². The van der Waals surface area contributed by atoms with Crippen LogP contribution >= 0.6 is 0 Å². The molecule has 0 unspecified atom stereocenters. The van der Waals surface area contributed by atoms with Crippen LogP contribution < -0.4 is 9.64 Å². The van der Waals surface area contributed by atoms with E-state index in [9.17, 15) is 0 Å². The van der Waals surface area contributed by atoms with Crippen LogP contribution in [0.3, 0.4) is 0 Å². The molecule has 4 saturated carbocycles. The molecular weight excluding hydrogens is 631 g/mol. The molecule has 4 aromatic rings. The average molecular weight is 690 g/mol. The van der Waals surface area contributed by atoms with E-state index in [2.05, 4.69) is 139 Å². The number of hydrogen-bond acceptors (Lipinski definition) is 2. The predicted molar refractivity (Wildman–Crippen MR) is 216 cm³/mol. The minimum Gasteiger partial charge on any atom is -0.457 e. The molecule has 1 aliphatic heterocycles. The van der Waals surface area contributed by atoms with E-state index in [1.165, 1.54) is 108 Å². The van der Waals surface area contributed by atoms with E-state index in [1.807, 2.05) is 0 Å². The summed E-state index contributed by atoms with van der Waals surface area (Å²) in [5.74, 6) is 5.39.